The number of nitrogens with one attached hydrogen (secondary N) is 2. The van der Waals surface area contributed by atoms with Crippen LogP contribution in [0.5, 0.6) is 0 Å². The van der Waals surface area contributed by atoms with Gasteiger partial charge in [0.1, 0.15) is 23.2 Å². The van der Waals surface area contributed by atoms with Gasteiger partial charge in [-0.2, -0.15) is 0 Å². The molecule has 0 spiro atoms. The first-order valence-electron chi connectivity index (χ1n) is 12.8. The Bertz CT molecular complexity index is 1250. The first-order chi connectivity index (χ1) is 17.4. The van der Waals surface area contributed by atoms with Gasteiger partial charge in [0.05, 0.1) is 23.3 Å². The summed E-state index contributed by atoms with van der Waals surface area (Å²) in [5.41, 5.74) is 1.91. The molecular weight excluding hydrogens is 465 g/mol. The van der Waals surface area contributed by atoms with Gasteiger partial charge in [0.2, 0.25) is 0 Å². The summed E-state index contributed by atoms with van der Waals surface area (Å²) in [6.45, 7) is 2.10. The number of carbonyl (C=O) groups excluding carboxylic acids is 1. The number of aromatic nitrogens is 3. The Morgan fingerprint density at radius 3 is 2.61 bits per heavy atom. The molecule has 2 atom stereocenters. The summed E-state index contributed by atoms with van der Waals surface area (Å²) in [4.78, 5) is 34.0. The third-order valence-electron chi connectivity index (χ3n) is 7.70. The number of hydrogen-bond donors (Lipinski definition) is 3. The molecule has 1 saturated heterocycles. The molecule has 192 valence electrons. The Labute approximate surface area is 208 Å². The topological polar surface area (TPSA) is 124 Å². The van der Waals surface area contributed by atoms with Crippen molar-refractivity contribution in [2.45, 2.75) is 76.8 Å². The lowest BCUT2D eigenvalue weighted by Gasteiger charge is -2.28. The summed E-state index contributed by atoms with van der Waals surface area (Å²) in [6, 6.07) is 2.45. The lowest BCUT2D eigenvalue weighted by molar-refractivity contribution is 0.0911. The number of hydrogen-bond acceptors (Lipinski definition) is 5. The van der Waals surface area contributed by atoms with E-state index in [-0.39, 0.29) is 17.3 Å². The molecule has 3 aromatic rings. The summed E-state index contributed by atoms with van der Waals surface area (Å²) < 4.78 is 20.7. The largest absolute Gasteiger partial charge is 0.465 e. The normalized spacial score (nSPS) is 20.3. The van der Waals surface area contributed by atoms with Crippen molar-refractivity contribution in [3.8, 4) is 0 Å². The number of fused-ring (bicyclic) bond motifs is 1. The zero-order valence-corrected chi connectivity index (χ0v) is 20.4. The van der Waals surface area contributed by atoms with Gasteiger partial charge in [-0.3, -0.25) is 4.79 Å². The molecule has 5 rings (SSSR count). The molecule has 2 amide bonds. The lowest BCUT2D eigenvalue weighted by Crippen LogP contribution is -2.35. The second-order valence-corrected chi connectivity index (χ2v) is 9.99. The molecule has 0 bridgehead atoms. The summed E-state index contributed by atoms with van der Waals surface area (Å²) in [5, 5.41) is 16.5. The predicted octanol–water partition coefficient (Wildman–Crippen LogP) is 5.64. The highest BCUT2D eigenvalue weighted by Gasteiger charge is 2.34. The first kappa shape index (κ1) is 24.3. The fourth-order valence-corrected chi connectivity index (χ4v) is 5.76. The van der Waals surface area contributed by atoms with E-state index in [1.807, 2.05) is 0 Å². The van der Waals surface area contributed by atoms with E-state index in [9.17, 15) is 14.7 Å². The quantitative estimate of drug-likeness (QED) is 0.419. The van der Waals surface area contributed by atoms with Crippen molar-refractivity contribution in [2.75, 3.05) is 6.54 Å². The molecule has 1 saturated carbocycles. The van der Waals surface area contributed by atoms with Crippen LogP contribution in [0, 0.1) is 18.7 Å². The summed E-state index contributed by atoms with van der Waals surface area (Å²) in [5.74, 6) is -0.151. The van der Waals surface area contributed by atoms with E-state index in [2.05, 4.69) is 20.4 Å². The molecular formula is C26H32FN5O4. The SMILES string of the molecule is Cc1nocc1C(=O)NC(c1nc2c(F)c(C3CCCN3C(=O)O)ccc2[nH]1)C1CCCCCCC1. The number of carbonyl (C=O) groups is 2. The minimum atomic E-state index is -1.05. The zero-order chi connectivity index (χ0) is 25.2. The van der Waals surface area contributed by atoms with E-state index in [0.29, 0.717) is 47.5 Å². The van der Waals surface area contributed by atoms with Crippen LogP contribution >= 0.6 is 0 Å². The molecule has 9 nitrogen and oxygen atoms in total. The number of aryl methyl sites for hydroxylation is 1. The Kier molecular flexibility index (Phi) is 6.93. The van der Waals surface area contributed by atoms with Crippen molar-refractivity contribution in [3.63, 3.8) is 0 Å². The van der Waals surface area contributed by atoms with Crippen LogP contribution in [0.4, 0.5) is 9.18 Å². The van der Waals surface area contributed by atoms with Crippen LogP contribution in [0.3, 0.4) is 0 Å². The van der Waals surface area contributed by atoms with Crippen molar-refractivity contribution in [3.05, 3.63) is 46.9 Å². The van der Waals surface area contributed by atoms with Crippen LogP contribution in [0.2, 0.25) is 0 Å². The highest BCUT2D eigenvalue weighted by molar-refractivity contribution is 5.95. The van der Waals surface area contributed by atoms with Crippen molar-refractivity contribution in [1.82, 2.24) is 25.3 Å². The lowest BCUT2D eigenvalue weighted by atomic mass is 9.85. The molecule has 2 fully saturated rings. The summed E-state index contributed by atoms with van der Waals surface area (Å²) >= 11 is 0. The number of aromatic amines is 1. The molecule has 0 radical (unpaired) electrons. The van der Waals surface area contributed by atoms with Crippen LogP contribution in [0.15, 0.2) is 22.9 Å². The fourth-order valence-electron chi connectivity index (χ4n) is 5.76. The average molecular weight is 498 g/mol. The monoisotopic (exact) mass is 497 g/mol. The minimum absolute atomic E-state index is 0.148. The van der Waals surface area contributed by atoms with Gasteiger partial charge >= 0.3 is 6.09 Å². The van der Waals surface area contributed by atoms with E-state index < -0.39 is 24.0 Å². The minimum Gasteiger partial charge on any atom is -0.465 e. The highest BCUT2D eigenvalue weighted by Crippen LogP contribution is 2.37. The summed E-state index contributed by atoms with van der Waals surface area (Å²) in [6.07, 6.45) is 9.09. The molecule has 1 aliphatic heterocycles. The summed E-state index contributed by atoms with van der Waals surface area (Å²) in [7, 11) is 0. The van der Waals surface area contributed by atoms with Gasteiger partial charge in [-0.1, -0.05) is 43.3 Å². The molecule has 3 heterocycles. The molecule has 2 unspecified atom stereocenters. The molecule has 10 heteroatoms. The number of halogens is 1. The Balaban J connectivity index is 1.50. The van der Waals surface area contributed by atoms with Gasteiger partial charge in [-0.25, -0.2) is 14.2 Å². The Morgan fingerprint density at radius 1 is 1.17 bits per heavy atom. The second kappa shape index (κ2) is 10.3. The maximum atomic E-state index is 15.7. The number of imidazole rings is 1. The van der Waals surface area contributed by atoms with E-state index in [1.165, 1.54) is 17.6 Å². The van der Waals surface area contributed by atoms with Gasteiger partial charge in [0.15, 0.2) is 5.82 Å². The van der Waals surface area contributed by atoms with E-state index in [1.54, 1.807) is 19.1 Å². The maximum absolute atomic E-state index is 15.7. The van der Waals surface area contributed by atoms with Crippen LogP contribution in [0.1, 0.15) is 97.3 Å². The second-order valence-electron chi connectivity index (χ2n) is 9.99. The third-order valence-corrected chi connectivity index (χ3v) is 7.70. The van der Waals surface area contributed by atoms with E-state index in [0.717, 1.165) is 38.5 Å². The Morgan fingerprint density at radius 2 is 1.92 bits per heavy atom. The molecule has 2 aliphatic rings. The number of carboxylic acid groups (broad SMARTS) is 1. The van der Waals surface area contributed by atoms with E-state index in [4.69, 9.17) is 4.52 Å². The van der Waals surface area contributed by atoms with Gasteiger partial charge < -0.3 is 24.8 Å². The van der Waals surface area contributed by atoms with Crippen molar-refractivity contribution < 1.29 is 23.6 Å². The van der Waals surface area contributed by atoms with Gasteiger partial charge in [-0.05, 0) is 44.6 Å². The molecule has 36 heavy (non-hydrogen) atoms. The van der Waals surface area contributed by atoms with Gasteiger partial charge in [-0.15, -0.1) is 0 Å². The molecule has 1 aromatic carbocycles. The van der Waals surface area contributed by atoms with Crippen molar-refractivity contribution in [2.24, 2.45) is 5.92 Å². The van der Waals surface area contributed by atoms with Crippen LogP contribution < -0.4 is 5.32 Å². The third kappa shape index (κ3) is 4.68. The van der Waals surface area contributed by atoms with Crippen LogP contribution in [-0.2, 0) is 0 Å². The van der Waals surface area contributed by atoms with Crippen LogP contribution in [-0.4, -0.2) is 43.7 Å². The molecule has 1 aliphatic carbocycles. The molecule has 2 aromatic heterocycles. The smallest absolute Gasteiger partial charge is 0.407 e. The number of nitrogens with zero attached hydrogens (tertiary/aromatic N) is 3. The maximum Gasteiger partial charge on any atom is 0.407 e. The highest BCUT2D eigenvalue weighted by atomic mass is 19.1. The number of rotatable bonds is 5. The molecule has 3 N–H and O–H groups in total. The van der Waals surface area contributed by atoms with Crippen LogP contribution in [0.25, 0.3) is 11.0 Å². The average Bonchev–Trinajstić information content (AvgIpc) is 3.57. The number of amides is 2. The van der Waals surface area contributed by atoms with Gasteiger partial charge in [0.25, 0.3) is 5.91 Å². The number of H-pyrrole nitrogens is 1. The first-order valence-corrected chi connectivity index (χ1v) is 12.8. The predicted molar refractivity (Wildman–Crippen MR) is 130 cm³/mol. The zero-order valence-electron chi connectivity index (χ0n) is 20.4. The fraction of sp³-hybridized carbons (Fsp3) is 0.538. The van der Waals surface area contributed by atoms with Crippen molar-refractivity contribution in [1.29, 1.82) is 0 Å². The van der Waals surface area contributed by atoms with E-state index >= 15 is 4.39 Å². The Hall–Kier alpha value is -3.43. The van der Waals surface area contributed by atoms with Gasteiger partial charge in [0, 0.05) is 12.1 Å². The van der Waals surface area contributed by atoms with Crippen molar-refractivity contribution >= 4 is 23.0 Å². The number of likely N-dealkylation sites (tertiary alicyclic amines) is 1. The number of benzene rings is 1. The standard InChI is InChI=1S/C26H32FN5O4/c1-15-18(14-36-31-15)25(33)30-22(16-8-5-3-2-4-6-9-16)24-28-19-12-11-17(21(27)23(19)29-24)20-10-7-13-32(20)26(34)35/h11-12,14,16,20,22H,2-10,13H2,1H3,(H,28,29)(H,30,33)(H,34,35).